The second-order valence-corrected chi connectivity index (χ2v) is 4.86. The van der Waals surface area contributed by atoms with E-state index in [0.717, 1.165) is 24.3 Å². The van der Waals surface area contributed by atoms with Gasteiger partial charge in [0.1, 0.15) is 5.75 Å². The SMILES string of the molecule is Cc1ccc(OC(C)CCN(C)C)c(Cl)c1. The van der Waals surface area contributed by atoms with Crippen molar-refractivity contribution in [2.75, 3.05) is 20.6 Å². The van der Waals surface area contributed by atoms with E-state index >= 15 is 0 Å². The molecule has 90 valence electrons. The molecule has 0 aliphatic heterocycles. The summed E-state index contributed by atoms with van der Waals surface area (Å²) < 4.78 is 5.79. The molecule has 0 amide bonds. The maximum Gasteiger partial charge on any atom is 0.138 e. The highest BCUT2D eigenvalue weighted by Crippen LogP contribution is 2.26. The minimum absolute atomic E-state index is 0.183. The lowest BCUT2D eigenvalue weighted by atomic mass is 10.2. The minimum atomic E-state index is 0.183. The number of hydrogen-bond acceptors (Lipinski definition) is 2. The Morgan fingerprint density at radius 1 is 1.38 bits per heavy atom. The van der Waals surface area contributed by atoms with Crippen LogP contribution in [-0.2, 0) is 0 Å². The van der Waals surface area contributed by atoms with E-state index in [4.69, 9.17) is 16.3 Å². The van der Waals surface area contributed by atoms with Crippen molar-refractivity contribution in [3.05, 3.63) is 28.8 Å². The molecule has 0 fully saturated rings. The normalized spacial score (nSPS) is 12.9. The van der Waals surface area contributed by atoms with Gasteiger partial charge >= 0.3 is 0 Å². The van der Waals surface area contributed by atoms with Crippen LogP contribution in [0.3, 0.4) is 0 Å². The van der Waals surface area contributed by atoms with Crippen molar-refractivity contribution in [1.29, 1.82) is 0 Å². The molecule has 0 heterocycles. The van der Waals surface area contributed by atoms with E-state index in [1.165, 1.54) is 0 Å². The summed E-state index contributed by atoms with van der Waals surface area (Å²) in [4.78, 5) is 2.15. The van der Waals surface area contributed by atoms with Crippen LogP contribution in [0, 0.1) is 6.92 Å². The van der Waals surface area contributed by atoms with E-state index in [0.29, 0.717) is 5.02 Å². The van der Waals surface area contributed by atoms with Crippen LogP contribution >= 0.6 is 11.6 Å². The average molecular weight is 242 g/mol. The Hall–Kier alpha value is -0.730. The molecule has 0 bridgehead atoms. The third-order valence-electron chi connectivity index (χ3n) is 2.40. The predicted molar refractivity (Wildman–Crippen MR) is 69.5 cm³/mol. The molecule has 0 spiro atoms. The lowest BCUT2D eigenvalue weighted by Gasteiger charge is -2.18. The third kappa shape index (κ3) is 4.42. The standard InChI is InChI=1S/C13H20ClNO/c1-10-5-6-13(12(14)9-10)16-11(2)7-8-15(3)4/h5-6,9,11H,7-8H2,1-4H3. The second kappa shape index (κ2) is 6.12. The first-order chi connectivity index (χ1) is 7.49. The zero-order chi connectivity index (χ0) is 12.1. The van der Waals surface area contributed by atoms with Gasteiger partial charge in [0.05, 0.1) is 11.1 Å². The monoisotopic (exact) mass is 241 g/mol. The van der Waals surface area contributed by atoms with Gasteiger partial charge in [-0.2, -0.15) is 0 Å². The summed E-state index contributed by atoms with van der Waals surface area (Å²) >= 11 is 6.10. The molecule has 2 nitrogen and oxygen atoms in total. The van der Waals surface area contributed by atoms with E-state index in [1.54, 1.807) is 0 Å². The van der Waals surface area contributed by atoms with Gasteiger partial charge in [0.15, 0.2) is 0 Å². The van der Waals surface area contributed by atoms with Crippen molar-refractivity contribution in [3.63, 3.8) is 0 Å². The molecular formula is C13H20ClNO. The molecule has 0 N–H and O–H groups in total. The Labute approximate surface area is 103 Å². The summed E-state index contributed by atoms with van der Waals surface area (Å²) in [5.74, 6) is 0.776. The molecule has 0 aromatic heterocycles. The lowest BCUT2D eigenvalue weighted by molar-refractivity contribution is 0.194. The molecule has 0 radical (unpaired) electrons. The van der Waals surface area contributed by atoms with Crippen LogP contribution in [0.15, 0.2) is 18.2 Å². The molecule has 1 rings (SSSR count). The lowest BCUT2D eigenvalue weighted by Crippen LogP contribution is -2.21. The van der Waals surface area contributed by atoms with Crippen molar-refractivity contribution in [3.8, 4) is 5.75 Å². The predicted octanol–water partition coefficient (Wildman–Crippen LogP) is 3.37. The number of benzene rings is 1. The Morgan fingerprint density at radius 2 is 2.06 bits per heavy atom. The molecule has 1 unspecified atom stereocenters. The van der Waals surface area contributed by atoms with Gasteiger partial charge in [-0.3, -0.25) is 0 Å². The highest BCUT2D eigenvalue weighted by atomic mass is 35.5. The van der Waals surface area contributed by atoms with Crippen molar-refractivity contribution in [2.24, 2.45) is 0 Å². The van der Waals surface area contributed by atoms with Crippen molar-refractivity contribution >= 4 is 11.6 Å². The molecule has 0 aliphatic carbocycles. The summed E-state index contributed by atoms with van der Waals surface area (Å²) in [6, 6.07) is 5.87. The molecule has 1 aromatic rings. The maximum atomic E-state index is 6.10. The zero-order valence-corrected chi connectivity index (χ0v) is 11.2. The van der Waals surface area contributed by atoms with Crippen LogP contribution in [-0.4, -0.2) is 31.6 Å². The molecular weight excluding hydrogens is 222 g/mol. The largest absolute Gasteiger partial charge is 0.489 e. The van der Waals surface area contributed by atoms with Crippen molar-refractivity contribution < 1.29 is 4.74 Å². The maximum absolute atomic E-state index is 6.10. The number of halogens is 1. The first-order valence-electron chi connectivity index (χ1n) is 5.56. The molecule has 0 saturated carbocycles. The van der Waals surface area contributed by atoms with Crippen molar-refractivity contribution in [1.82, 2.24) is 4.90 Å². The first kappa shape index (κ1) is 13.3. The van der Waals surface area contributed by atoms with Gasteiger partial charge in [0, 0.05) is 6.54 Å². The van der Waals surface area contributed by atoms with Gasteiger partial charge in [-0.05, 0) is 52.1 Å². The Bertz CT molecular complexity index is 339. The van der Waals surface area contributed by atoms with Gasteiger partial charge in [-0.15, -0.1) is 0 Å². The molecule has 16 heavy (non-hydrogen) atoms. The first-order valence-corrected chi connectivity index (χ1v) is 5.94. The Kier molecular flexibility index (Phi) is 5.10. The number of ether oxygens (including phenoxy) is 1. The van der Waals surface area contributed by atoms with Gasteiger partial charge in [0.25, 0.3) is 0 Å². The smallest absolute Gasteiger partial charge is 0.138 e. The van der Waals surface area contributed by atoms with Crippen molar-refractivity contribution in [2.45, 2.75) is 26.4 Å². The summed E-state index contributed by atoms with van der Waals surface area (Å²) in [5.41, 5.74) is 1.15. The summed E-state index contributed by atoms with van der Waals surface area (Å²) in [7, 11) is 4.12. The van der Waals surface area contributed by atoms with E-state index in [1.807, 2.05) is 25.1 Å². The molecule has 0 aliphatic rings. The Morgan fingerprint density at radius 3 is 2.62 bits per heavy atom. The van der Waals surface area contributed by atoms with Crippen LogP contribution in [0.2, 0.25) is 5.02 Å². The van der Waals surface area contributed by atoms with E-state index in [9.17, 15) is 0 Å². The van der Waals surface area contributed by atoms with Crippen LogP contribution in [0.5, 0.6) is 5.75 Å². The highest BCUT2D eigenvalue weighted by molar-refractivity contribution is 6.32. The fourth-order valence-corrected chi connectivity index (χ4v) is 1.70. The van der Waals surface area contributed by atoms with Gasteiger partial charge in [-0.1, -0.05) is 17.7 Å². The topological polar surface area (TPSA) is 12.5 Å². The van der Waals surface area contributed by atoms with Gasteiger partial charge in [0.2, 0.25) is 0 Å². The third-order valence-corrected chi connectivity index (χ3v) is 2.69. The summed E-state index contributed by atoms with van der Waals surface area (Å²) in [5, 5.41) is 0.691. The fourth-order valence-electron chi connectivity index (χ4n) is 1.42. The zero-order valence-electron chi connectivity index (χ0n) is 10.5. The average Bonchev–Trinajstić information content (AvgIpc) is 2.19. The van der Waals surface area contributed by atoms with Gasteiger partial charge in [-0.25, -0.2) is 0 Å². The number of aryl methyl sites for hydroxylation is 1. The fraction of sp³-hybridized carbons (Fsp3) is 0.538. The number of rotatable bonds is 5. The van der Waals surface area contributed by atoms with Crippen LogP contribution in [0.1, 0.15) is 18.9 Å². The molecule has 0 saturated heterocycles. The number of nitrogens with zero attached hydrogens (tertiary/aromatic N) is 1. The van der Waals surface area contributed by atoms with Crippen LogP contribution < -0.4 is 4.74 Å². The quantitative estimate of drug-likeness (QED) is 0.784. The minimum Gasteiger partial charge on any atom is -0.489 e. The molecule has 1 aromatic carbocycles. The summed E-state index contributed by atoms with van der Waals surface area (Å²) in [6.45, 7) is 5.11. The summed E-state index contributed by atoms with van der Waals surface area (Å²) in [6.07, 6.45) is 1.18. The van der Waals surface area contributed by atoms with Crippen LogP contribution in [0.25, 0.3) is 0 Å². The van der Waals surface area contributed by atoms with E-state index < -0.39 is 0 Å². The van der Waals surface area contributed by atoms with Crippen LogP contribution in [0.4, 0.5) is 0 Å². The van der Waals surface area contributed by atoms with E-state index in [2.05, 4.69) is 25.9 Å². The van der Waals surface area contributed by atoms with Gasteiger partial charge < -0.3 is 9.64 Å². The highest BCUT2D eigenvalue weighted by Gasteiger charge is 2.07. The number of hydrogen-bond donors (Lipinski definition) is 0. The molecule has 3 heteroatoms. The second-order valence-electron chi connectivity index (χ2n) is 4.45. The van der Waals surface area contributed by atoms with E-state index in [-0.39, 0.29) is 6.10 Å². The molecule has 1 atom stereocenters. The Balaban J connectivity index is 2.52.